The monoisotopic (exact) mass is 616 g/mol. The second-order valence-corrected chi connectivity index (χ2v) is 13.3. The summed E-state index contributed by atoms with van der Waals surface area (Å²) in [6.07, 6.45) is 6.48. The van der Waals surface area contributed by atoms with Crippen molar-refractivity contribution in [3.8, 4) is 67.3 Å². The Kier molecular flexibility index (Phi) is 7.08. The molecule has 0 bridgehead atoms. The highest BCUT2D eigenvalue weighted by atomic mass is 14.9. The first-order valence-corrected chi connectivity index (χ1v) is 17.2. The van der Waals surface area contributed by atoms with E-state index in [1.54, 1.807) is 5.56 Å². The van der Waals surface area contributed by atoms with Gasteiger partial charge in [-0.3, -0.25) is 0 Å². The van der Waals surface area contributed by atoms with Crippen LogP contribution in [0.5, 0.6) is 0 Å². The summed E-state index contributed by atoms with van der Waals surface area (Å²) in [5, 5.41) is 0. The Morgan fingerprint density at radius 1 is 0.354 bits per heavy atom. The van der Waals surface area contributed by atoms with E-state index in [-0.39, 0.29) is 5.41 Å². The van der Waals surface area contributed by atoms with E-state index in [4.69, 9.17) is 9.97 Å². The zero-order valence-corrected chi connectivity index (χ0v) is 26.9. The van der Waals surface area contributed by atoms with Crippen molar-refractivity contribution in [2.45, 2.75) is 37.5 Å². The van der Waals surface area contributed by atoms with Gasteiger partial charge in [-0.15, -0.1) is 0 Å². The molecule has 0 N–H and O–H groups in total. The van der Waals surface area contributed by atoms with E-state index < -0.39 is 0 Å². The molecule has 1 saturated carbocycles. The van der Waals surface area contributed by atoms with Crippen LogP contribution in [0.4, 0.5) is 0 Å². The van der Waals surface area contributed by atoms with Gasteiger partial charge in [-0.25, -0.2) is 9.97 Å². The zero-order valence-electron chi connectivity index (χ0n) is 26.9. The maximum absolute atomic E-state index is 5.01. The first kappa shape index (κ1) is 28.6. The first-order chi connectivity index (χ1) is 23.7. The summed E-state index contributed by atoms with van der Waals surface area (Å²) in [5.74, 6) is 0.733. The molecular weight excluding hydrogens is 581 g/mol. The Morgan fingerprint density at radius 3 is 1.48 bits per heavy atom. The second kappa shape index (κ2) is 11.9. The molecule has 1 spiro atoms. The topological polar surface area (TPSA) is 25.8 Å². The van der Waals surface area contributed by atoms with Gasteiger partial charge in [0.2, 0.25) is 0 Å². The lowest BCUT2D eigenvalue weighted by atomic mass is 9.67. The van der Waals surface area contributed by atoms with Crippen LogP contribution < -0.4 is 0 Å². The van der Waals surface area contributed by atoms with Crippen LogP contribution in [-0.4, -0.2) is 9.97 Å². The van der Waals surface area contributed by atoms with Crippen molar-refractivity contribution in [1.82, 2.24) is 9.97 Å². The third-order valence-corrected chi connectivity index (χ3v) is 10.5. The second-order valence-electron chi connectivity index (χ2n) is 13.3. The molecule has 6 aromatic carbocycles. The van der Waals surface area contributed by atoms with Gasteiger partial charge in [0, 0.05) is 22.1 Å². The van der Waals surface area contributed by atoms with Crippen molar-refractivity contribution >= 4 is 0 Å². The van der Waals surface area contributed by atoms with Crippen LogP contribution in [-0.2, 0) is 5.41 Å². The molecule has 0 aliphatic heterocycles. The highest BCUT2D eigenvalue weighted by molar-refractivity contribution is 5.84. The molecule has 230 valence electrons. The molecule has 2 heteroatoms. The zero-order chi connectivity index (χ0) is 31.9. The molecule has 7 aromatic rings. The van der Waals surface area contributed by atoms with Crippen LogP contribution in [0, 0.1) is 0 Å². The Bertz CT molecular complexity index is 2170. The van der Waals surface area contributed by atoms with Crippen molar-refractivity contribution in [1.29, 1.82) is 0 Å². The molecule has 1 heterocycles. The fraction of sp³-hybridized carbons (Fsp3) is 0.130. The van der Waals surface area contributed by atoms with Crippen LogP contribution in [0.3, 0.4) is 0 Å². The van der Waals surface area contributed by atoms with Gasteiger partial charge < -0.3 is 0 Å². The molecule has 48 heavy (non-hydrogen) atoms. The summed E-state index contributed by atoms with van der Waals surface area (Å²) in [4.78, 5) is 9.95. The van der Waals surface area contributed by atoms with E-state index >= 15 is 0 Å². The summed E-state index contributed by atoms with van der Waals surface area (Å²) in [6.45, 7) is 0. The lowest BCUT2D eigenvalue weighted by Crippen LogP contribution is -2.28. The third kappa shape index (κ3) is 4.96. The van der Waals surface area contributed by atoms with Gasteiger partial charge in [-0.05, 0) is 69.5 Å². The average molecular weight is 617 g/mol. The highest BCUT2D eigenvalue weighted by Crippen LogP contribution is 2.56. The Morgan fingerprint density at radius 2 is 0.833 bits per heavy atom. The lowest BCUT2D eigenvalue weighted by Gasteiger charge is -2.36. The normalized spacial score (nSPS) is 14.4. The van der Waals surface area contributed by atoms with Crippen molar-refractivity contribution in [2.24, 2.45) is 0 Å². The van der Waals surface area contributed by atoms with Crippen molar-refractivity contribution in [2.75, 3.05) is 0 Å². The molecular formula is C46H36N2. The fourth-order valence-electron chi connectivity index (χ4n) is 8.09. The van der Waals surface area contributed by atoms with Crippen molar-refractivity contribution in [3.05, 3.63) is 169 Å². The first-order valence-electron chi connectivity index (χ1n) is 17.2. The quantitative estimate of drug-likeness (QED) is 0.192. The number of benzene rings is 6. The number of nitrogens with zero attached hydrogens (tertiary/aromatic N) is 2. The predicted molar refractivity (Wildman–Crippen MR) is 199 cm³/mol. The summed E-state index contributed by atoms with van der Waals surface area (Å²) in [6, 6.07) is 56.8. The van der Waals surface area contributed by atoms with Gasteiger partial charge in [0.25, 0.3) is 0 Å². The van der Waals surface area contributed by atoms with E-state index in [0.717, 1.165) is 33.9 Å². The SMILES string of the molecule is c1ccc(-c2cc(-c3ccc(-c4ccc(-c5ccc6c(c5)C5(CCCCC5)c5ccccc5-6)cc4)cc3)nc(-c3ccccc3)n2)cc1. The van der Waals surface area contributed by atoms with E-state index in [0.29, 0.717) is 0 Å². The molecule has 2 aliphatic rings. The van der Waals surface area contributed by atoms with E-state index in [9.17, 15) is 0 Å². The van der Waals surface area contributed by atoms with Gasteiger partial charge in [0.15, 0.2) is 5.82 Å². The summed E-state index contributed by atoms with van der Waals surface area (Å²) < 4.78 is 0. The standard InChI is InChI=1S/C46H36N2/c1-4-12-35(13-5-1)43-31-44(48-45(47-43)37-14-6-2-7-15-37)36-24-22-33(23-25-36)32-18-20-34(21-19-32)38-26-27-40-39-16-8-9-17-41(39)46(42(40)30-38)28-10-3-11-29-46/h1-2,4-9,12-27,30-31H,3,10-11,28-29H2. The third-order valence-electron chi connectivity index (χ3n) is 10.5. The molecule has 2 nitrogen and oxygen atoms in total. The van der Waals surface area contributed by atoms with Crippen molar-refractivity contribution in [3.63, 3.8) is 0 Å². The molecule has 1 aromatic heterocycles. The minimum absolute atomic E-state index is 0.176. The smallest absolute Gasteiger partial charge is 0.160 e. The molecule has 0 atom stereocenters. The number of fused-ring (bicyclic) bond motifs is 5. The Balaban J connectivity index is 1.02. The summed E-state index contributed by atoms with van der Waals surface area (Å²) in [5.41, 5.74) is 16.1. The maximum atomic E-state index is 5.01. The minimum atomic E-state index is 0.176. The van der Waals surface area contributed by atoms with Gasteiger partial charge in [0.05, 0.1) is 11.4 Å². The number of rotatable bonds is 5. The average Bonchev–Trinajstić information content (AvgIpc) is 3.43. The largest absolute Gasteiger partial charge is 0.228 e. The van der Waals surface area contributed by atoms with Crippen LogP contribution in [0.1, 0.15) is 43.2 Å². The van der Waals surface area contributed by atoms with Crippen molar-refractivity contribution < 1.29 is 0 Å². The predicted octanol–water partition coefficient (Wildman–Crippen LogP) is 12.0. The molecule has 0 unspecified atom stereocenters. The fourth-order valence-corrected chi connectivity index (χ4v) is 8.09. The molecule has 0 saturated heterocycles. The van der Waals surface area contributed by atoms with E-state index in [1.807, 2.05) is 24.3 Å². The Hall–Kier alpha value is -5.60. The summed E-state index contributed by atoms with van der Waals surface area (Å²) >= 11 is 0. The van der Waals surface area contributed by atoms with Gasteiger partial charge >= 0.3 is 0 Å². The van der Waals surface area contributed by atoms with E-state index in [1.165, 1.54) is 71.0 Å². The molecule has 0 radical (unpaired) electrons. The van der Waals surface area contributed by atoms with Crippen LogP contribution in [0.15, 0.2) is 158 Å². The Labute approximate surface area is 282 Å². The maximum Gasteiger partial charge on any atom is 0.160 e. The molecule has 0 amide bonds. The highest BCUT2D eigenvalue weighted by Gasteiger charge is 2.43. The van der Waals surface area contributed by atoms with Gasteiger partial charge in [-0.1, -0.05) is 165 Å². The minimum Gasteiger partial charge on any atom is -0.228 e. The van der Waals surface area contributed by atoms with Crippen LogP contribution >= 0.6 is 0 Å². The molecule has 9 rings (SSSR count). The molecule has 2 aliphatic carbocycles. The number of aromatic nitrogens is 2. The lowest BCUT2D eigenvalue weighted by molar-refractivity contribution is 0.353. The van der Waals surface area contributed by atoms with Gasteiger partial charge in [0.1, 0.15) is 0 Å². The summed E-state index contributed by atoms with van der Waals surface area (Å²) in [7, 11) is 0. The molecule has 1 fully saturated rings. The van der Waals surface area contributed by atoms with E-state index in [2.05, 4.69) is 133 Å². The number of hydrogen-bond acceptors (Lipinski definition) is 2. The number of hydrogen-bond donors (Lipinski definition) is 0. The van der Waals surface area contributed by atoms with Crippen LogP contribution in [0.2, 0.25) is 0 Å². The van der Waals surface area contributed by atoms with Crippen LogP contribution in [0.25, 0.3) is 67.3 Å². The van der Waals surface area contributed by atoms with Gasteiger partial charge in [-0.2, -0.15) is 0 Å².